The molecule has 0 bridgehead atoms. The lowest BCUT2D eigenvalue weighted by Crippen LogP contribution is -2.43. The van der Waals surface area contributed by atoms with Crippen LogP contribution in [0.5, 0.6) is 0 Å². The number of hydrogen-bond donors (Lipinski definition) is 1. The van der Waals surface area contributed by atoms with Crippen LogP contribution in [0.4, 0.5) is 11.5 Å². The third kappa shape index (κ3) is 3.59. The van der Waals surface area contributed by atoms with Crippen LogP contribution < -0.4 is 21.5 Å². The van der Waals surface area contributed by atoms with Gasteiger partial charge in [0.1, 0.15) is 11.9 Å². The van der Waals surface area contributed by atoms with Crippen LogP contribution in [0.15, 0.2) is 27.8 Å². The van der Waals surface area contributed by atoms with Crippen molar-refractivity contribution in [2.45, 2.75) is 0 Å². The first-order chi connectivity index (χ1) is 12.2. The molecule has 1 aromatic heterocycles. The molecule has 8 nitrogen and oxygen atoms in total. The molecule has 0 spiro atoms. The van der Waals surface area contributed by atoms with E-state index in [1.807, 2.05) is 0 Å². The minimum Gasteiger partial charge on any atom is -0.350 e. The van der Waals surface area contributed by atoms with Crippen molar-refractivity contribution in [2.24, 2.45) is 14.1 Å². The van der Waals surface area contributed by atoms with E-state index in [4.69, 9.17) is 23.2 Å². The minimum absolute atomic E-state index is 0.0426. The first-order valence-corrected chi connectivity index (χ1v) is 8.09. The van der Waals surface area contributed by atoms with Gasteiger partial charge >= 0.3 is 5.69 Å². The van der Waals surface area contributed by atoms with Crippen molar-refractivity contribution in [2.75, 3.05) is 23.8 Å². The first-order valence-electron chi connectivity index (χ1n) is 7.34. The largest absolute Gasteiger partial charge is 0.350 e. The van der Waals surface area contributed by atoms with E-state index in [2.05, 4.69) is 5.32 Å². The molecule has 0 unspecified atom stereocenters. The number of nitrogens with one attached hydrogen (secondary N) is 1. The maximum Gasteiger partial charge on any atom is 0.332 e. The Balaban J connectivity index is 2.35. The van der Waals surface area contributed by atoms with Gasteiger partial charge in [0.2, 0.25) is 5.91 Å². The molecule has 0 atom stereocenters. The van der Waals surface area contributed by atoms with Crippen molar-refractivity contribution in [3.63, 3.8) is 0 Å². The monoisotopic (exact) mass is 395 g/mol. The quantitative estimate of drug-likeness (QED) is 0.841. The number of halogens is 2. The first kappa shape index (κ1) is 19.6. The summed E-state index contributed by atoms with van der Waals surface area (Å²) in [5.41, 5.74) is -1.31. The lowest BCUT2D eigenvalue weighted by Gasteiger charge is -2.22. The van der Waals surface area contributed by atoms with Gasteiger partial charge in [-0.2, -0.15) is 5.26 Å². The molecule has 1 N–H and O–H groups in total. The number of benzene rings is 1. The lowest BCUT2D eigenvalue weighted by molar-refractivity contribution is -0.114. The summed E-state index contributed by atoms with van der Waals surface area (Å²) in [6, 6.07) is 6.58. The maximum atomic E-state index is 12.3. The van der Waals surface area contributed by atoms with Crippen LogP contribution in [0, 0.1) is 11.3 Å². The Bertz CT molecular complexity index is 1020. The number of para-hydroxylation sites is 1. The Morgan fingerprint density at radius 3 is 2.35 bits per heavy atom. The molecular formula is C16H15Cl2N5O3. The van der Waals surface area contributed by atoms with Gasteiger partial charge in [-0.05, 0) is 12.1 Å². The highest BCUT2D eigenvalue weighted by Crippen LogP contribution is 2.29. The number of rotatable bonds is 4. The van der Waals surface area contributed by atoms with E-state index in [-0.39, 0.29) is 33.7 Å². The highest BCUT2D eigenvalue weighted by Gasteiger charge is 2.21. The van der Waals surface area contributed by atoms with Gasteiger partial charge in [-0.15, -0.1) is 0 Å². The van der Waals surface area contributed by atoms with Crippen LogP contribution in [0.25, 0.3) is 0 Å². The van der Waals surface area contributed by atoms with Gasteiger partial charge in [0.15, 0.2) is 5.56 Å². The molecule has 0 saturated heterocycles. The zero-order valence-corrected chi connectivity index (χ0v) is 15.7. The van der Waals surface area contributed by atoms with E-state index >= 15 is 0 Å². The number of carbonyl (C=O) groups is 1. The Morgan fingerprint density at radius 1 is 1.23 bits per heavy atom. The summed E-state index contributed by atoms with van der Waals surface area (Å²) >= 11 is 12.0. The molecule has 1 amide bonds. The van der Waals surface area contributed by atoms with E-state index in [0.29, 0.717) is 0 Å². The summed E-state index contributed by atoms with van der Waals surface area (Å²) in [5, 5.41) is 12.4. The highest BCUT2D eigenvalue weighted by atomic mass is 35.5. The summed E-state index contributed by atoms with van der Waals surface area (Å²) in [4.78, 5) is 37.9. The zero-order chi connectivity index (χ0) is 19.6. The average molecular weight is 396 g/mol. The Labute approximate surface area is 158 Å². The van der Waals surface area contributed by atoms with E-state index in [9.17, 15) is 19.6 Å². The number of carbonyl (C=O) groups excluding carboxylic acids is 1. The van der Waals surface area contributed by atoms with Crippen molar-refractivity contribution in [1.29, 1.82) is 5.26 Å². The van der Waals surface area contributed by atoms with Gasteiger partial charge in [-0.25, -0.2) is 4.79 Å². The second-order valence-corrected chi connectivity index (χ2v) is 6.33. The van der Waals surface area contributed by atoms with Gasteiger partial charge < -0.3 is 10.2 Å². The van der Waals surface area contributed by atoms with Crippen LogP contribution in [0.1, 0.15) is 5.56 Å². The molecule has 26 heavy (non-hydrogen) atoms. The second kappa shape index (κ2) is 7.64. The SMILES string of the molecule is CN(CC(=O)Nc1c(Cl)cccc1Cl)c1c(C#N)c(=O)n(C)c(=O)n1C. The van der Waals surface area contributed by atoms with Crippen LogP contribution in [-0.2, 0) is 18.9 Å². The van der Waals surface area contributed by atoms with Crippen molar-refractivity contribution in [1.82, 2.24) is 9.13 Å². The number of anilines is 2. The van der Waals surface area contributed by atoms with Crippen molar-refractivity contribution >= 4 is 40.6 Å². The number of nitrogens with zero attached hydrogens (tertiary/aromatic N) is 4. The number of likely N-dealkylation sites (N-methyl/N-ethyl adjacent to an activating group) is 1. The Hall–Kier alpha value is -2.76. The smallest absolute Gasteiger partial charge is 0.332 e. The second-order valence-electron chi connectivity index (χ2n) is 5.52. The van der Waals surface area contributed by atoms with E-state index in [0.717, 1.165) is 9.13 Å². The number of hydrogen-bond acceptors (Lipinski definition) is 5. The fraction of sp³-hybridized carbons (Fsp3) is 0.250. The fourth-order valence-corrected chi connectivity index (χ4v) is 2.96. The molecule has 0 aliphatic carbocycles. The predicted octanol–water partition coefficient (Wildman–Crippen LogP) is 1.34. The summed E-state index contributed by atoms with van der Waals surface area (Å²) in [7, 11) is 4.18. The molecule has 0 aliphatic heterocycles. The third-order valence-electron chi connectivity index (χ3n) is 3.72. The normalized spacial score (nSPS) is 10.3. The molecule has 10 heteroatoms. The minimum atomic E-state index is -0.730. The van der Waals surface area contributed by atoms with Crippen molar-refractivity contribution < 1.29 is 4.79 Å². The van der Waals surface area contributed by atoms with Crippen molar-refractivity contribution in [3.8, 4) is 6.07 Å². The molecule has 2 rings (SSSR count). The van der Waals surface area contributed by atoms with Gasteiger partial charge in [0.05, 0.1) is 22.3 Å². The van der Waals surface area contributed by atoms with Crippen molar-refractivity contribution in [3.05, 3.63) is 54.6 Å². The van der Waals surface area contributed by atoms with Gasteiger partial charge in [0.25, 0.3) is 5.56 Å². The lowest BCUT2D eigenvalue weighted by atomic mass is 10.3. The summed E-state index contributed by atoms with van der Waals surface area (Å²) < 4.78 is 1.97. The van der Waals surface area contributed by atoms with Crippen LogP contribution in [0.2, 0.25) is 10.0 Å². The molecule has 1 heterocycles. The predicted molar refractivity (Wildman–Crippen MR) is 100 cm³/mol. The van der Waals surface area contributed by atoms with Crippen LogP contribution in [-0.4, -0.2) is 28.6 Å². The third-order valence-corrected chi connectivity index (χ3v) is 4.34. The van der Waals surface area contributed by atoms with E-state index in [1.54, 1.807) is 24.3 Å². The molecular weight excluding hydrogens is 381 g/mol. The molecule has 0 radical (unpaired) electrons. The molecule has 0 aliphatic rings. The molecule has 0 fully saturated rings. The molecule has 0 saturated carbocycles. The number of nitriles is 1. The zero-order valence-electron chi connectivity index (χ0n) is 14.2. The summed E-state index contributed by atoms with van der Waals surface area (Å²) in [6.07, 6.45) is 0. The summed E-state index contributed by atoms with van der Waals surface area (Å²) in [6.45, 7) is -0.239. The fourth-order valence-electron chi connectivity index (χ4n) is 2.46. The molecule has 1 aromatic carbocycles. The molecule has 136 valence electrons. The highest BCUT2D eigenvalue weighted by molar-refractivity contribution is 6.39. The van der Waals surface area contributed by atoms with E-state index in [1.165, 1.54) is 26.0 Å². The Morgan fingerprint density at radius 2 is 1.81 bits per heavy atom. The van der Waals surface area contributed by atoms with Gasteiger partial charge in [0, 0.05) is 21.1 Å². The van der Waals surface area contributed by atoms with Crippen LogP contribution >= 0.6 is 23.2 Å². The average Bonchev–Trinajstić information content (AvgIpc) is 2.59. The maximum absolute atomic E-state index is 12.3. The standard InChI is InChI=1S/C16H15Cl2N5O3/c1-21(8-12(24)20-13-10(17)5-4-6-11(13)18)14-9(7-19)15(25)23(3)16(26)22(14)2/h4-6H,8H2,1-3H3,(H,20,24). The summed E-state index contributed by atoms with van der Waals surface area (Å²) in [5.74, 6) is -0.444. The van der Waals surface area contributed by atoms with Crippen LogP contribution in [0.3, 0.4) is 0 Å². The van der Waals surface area contributed by atoms with E-state index < -0.39 is 17.2 Å². The number of amides is 1. The van der Waals surface area contributed by atoms with Gasteiger partial charge in [-0.1, -0.05) is 29.3 Å². The molecule has 2 aromatic rings. The Kier molecular flexibility index (Phi) is 5.75. The number of aromatic nitrogens is 2. The van der Waals surface area contributed by atoms with Gasteiger partial charge in [-0.3, -0.25) is 18.7 Å². The topological polar surface area (TPSA) is 100 Å².